The van der Waals surface area contributed by atoms with Crippen molar-refractivity contribution in [3.05, 3.63) is 106 Å². The van der Waals surface area contributed by atoms with E-state index in [1.807, 2.05) is 59.6 Å². The second kappa shape index (κ2) is 12.5. The first-order valence-corrected chi connectivity index (χ1v) is 14.7. The van der Waals surface area contributed by atoms with Crippen LogP contribution < -0.4 is 0 Å². The quantitative estimate of drug-likeness (QED) is 0.203. The number of carbonyl (C=O) groups is 2. The summed E-state index contributed by atoms with van der Waals surface area (Å²) in [7, 11) is 0. The molecular formula is C33H35Cl2N3O2. The van der Waals surface area contributed by atoms with E-state index in [-0.39, 0.29) is 36.1 Å². The Bertz CT molecular complexity index is 1480. The molecule has 1 saturated carbocycles. The fourth-order valence-electron chi connectivity index (χ4n) is 5.45. The van der Waals surface area contributed by atoms with Gasteiger partial charge in [0.05, 0.1) is 16.6 Å². The summed E-state index contributed by atoms with van der Waals surface area (Å²) in [6.07, 6.45) is 3.53. The number of H-pyrrole nitrogens is 1. The molecule has 40 heavy (non-hydrogen) atoms. The molecule has 5 nitrogen and oxygen atoms in total. The average Bonchev–Trinajstić information content (AvgIpc) is 3.65. The smallest absolute Gasteiger partial charge is 0.242 e. The van der Waals surface area contributed by atoms with Gasteiger partial charge in [-0.15, -0.1) is 0 Å². The Morgan fingerprint density at radius 3 is 2.45 bits per heavy atom. The van der Waals surface area contributed by atoms with E-state index in [4.69, 9.17) is 23.2 Å². The minimum Gasteiger partial charge on any atom is -0.361 e. The van der Waals surface area contributed by atoms with Gasteiger partial charge in [0.1, 0.15) is 0 Å². The highest BCUT2D eigenvalue weighted by Gasteiger charge is 2.46. The van der Waals surface area contributed by atoms with Gasteiger partial charge in [0, 0.05) is 42.7 Å². The van der Waals surface area contributed by atoms with Crippen molar-refractivity contribution in [3.8, 4) is 0 Å². The van der Waals surface area contributed by atoms with Gasteiger partial charge in [-0.1, -0.05) is 91.6 Å². The second-order valence-electron chi connectivity index (χ2n) is 11.1. The zero-order valence-electron chi connectivity index (χ0n) is 22.9. The number of amides is 2. The molecule has 1 heterocycles. The van der Waals surface area contributed by atoms with E-state index in [1.54, 1.807) is 11.0 Å². The number of nitrogens with zero attached hydrogens (tertiary/aromatic N) is 2. The van der Waals surface area contributed by atoms with Gasteiger partial charge in [-0.3, -0.25) is 9.59 Å². The third-order valence-electron chi connectivity index (χ3n) is 7.59. The third-order valence-corrected chi connectivity index (χ3v) is 8.33. The first-order valence-electron chi connectivity index (χ1n) is 13.9. The summed E-state index contributed by atoms with van der Waals surface area (Å²) in [6, 6.07) is 23.8. The summed E-state index contributed by atoms with van der Waals surface area (Å²) in [6.45, 7) is 5.67. The molecule has 3 aromatic carbocycles. The number of aromatic nitrogens is 1. The maximum absolute atomic E-state index is 13.9. The molecule has 208 valence electrons. The zero-order chi connectivity index (χ0) is 28.2. The number of nitrogens with one attached hydrogen (secondary N) is 1. The van der Waals surface area contributed by atoms with E-state index in [9.17, 15) is 9.59 Å². The Morgan fingerprint density at radius 1 is 0.950 bits per heavy atom. The number of aromatic amines is 1. The van der Waals surface area contributed by atoms with Crippen molar-refractivity contribution in [2.45, 2.75) is 39.2 Å². The first-order chi connectivity index (χ1) is 19.3. The van der Waals surface area contributed by atoms with Gasteiger partial charge in [-0.05, 0) is 59.6 Å². The average molecular weight is 577 g/mol. The van der Waals surface area contributed by atoms with Crippen LogP contribution in [0.3, 0.4) is 0 Å². The highest BCUT2D eigenvalue weighted by atomic mass is 35.5. The summed E-state index contributed by atoms with van der Waals surface area (Å²) < 4.78 is 0. The van der Waals surface area contributed by atoms with Crippen LogP contribution in [0, 0.1) is 11.8 Å². The van der Waals surface area contributed by atoms with Crippen LogP contribution in [0.15, 0.2) is 79.0 Å². The molecule has 1 aliphatic carbocycles. The lowest BCUT2D eigenvalue weighted by molar-refractivity contribution is -0.142. The Balaban J connectivity index is 1.33. The number of fused-ring (bicyclic) bond motifs is 1. The fraction of sp³-hybridized carbons (Fsp3) is 0.333. The molecule has 5 rings (SSSR count). The predicted molar refractivity (Wildman–Crippen MR) is 163 cm³/mol. The van der Waals surface area contributed by atoms with Crippen molar-refractivity contribution in [3.63, 3.8) is 0 Å². The Hall–Kier alpha value is -3.28. The molecule has 0 spiro atoms. The highest BCUT2D eigenvalue weighted by molar-refractivity contribution is 6.42. The van der Waals surface area contributed by atoms with Crippen LogP contribution in [-0.2, 0) is 22.6 Å². The Labute approximate surface area is 246 Å². The standard InChI is InChI=1S/C33H35Cl2N3O2/c1-22(2)19-38(33(40)28-17-27(28)24-8-4-3-5-9-24)21-32(39)37(20-23-12-13-29(34)30(35)16-23)15-14-25-18-36-31-11-7-6-10-26(25)31/h3-13,16,18,22,27-28,36H,14-15,17,19-21H2,1-2H3/t27-,28+/m0/s1. The van der Waals surface area contributed by atoms with Crippen LogP contribution in [0.2, 0.25) is 10.0 Å². The lowest BCUT2D eigenvalue weighted by Gasteiger charge is -2.29. The molecule has 0 radical (unpaired) electrons. The van der Waals surface area contributed by atoms with Gasteiger partial charge >= 0.3 is 0 Å². The second-order valence-corrected chi connectivity index (χ2v) is 12.0. The third kappa shape index (κ3) is 6.71. The van der Waals surface area contributed by atoms with E-state index < -0.39 is 0 Å². The van der Waals surface area contributed by atoms with E-state index in [0.29, 0.717) is 36.1 Å². The number of carbonyl (C=O) groups excluding carboxylic acids is 2. The molecule has 7 heteroatoms. The summed E-state index contributed by atoms with van der Waals surface area (Å²) in [5, 5.41) is 2.09. The summed E-state index contributed by atoms with van der Waals surface area (Å²) in [5.41, 5.74) is 4.32. The van der Waals surface area contributed by atoms with Crippen molar-refractivity contribution >= 4 is 45.9 Å². The van der Waals surface area contributed by atoms with Crippen LogP contribution in [0.25, 0.3) is 10.9 Å². The van der Waals surface area contributed by atoms with Crippen molar-refractivity contribution in [2.75, 3.05) is 19.6 Å². The van der Waals surface area contributed by atoms with Gasteiger partial charge in [0.25, 0.3) is 0 Å². The van der Waals surface area contributed by atoms with E-state index >= 15 is 0 Å². The molecule has 1 aliphatic rings. The van der Waals surface area contributed by atoms with Crippen molar-refractivity contribution < 1.29 is 9.59 Å². The van der Waals surface area contributed by atoms with Gasteiger partial charge in [-0.2, -0.15) is 0 Å². The Kier molecular flexibility index (Phi) is 8.82. The van der Waals surface area contributed by atoms with Crippen LogP contribution in [0.4, 0.5) is 0 Å². The zero-order valence-corrected chi connectivity index (χ0v) is 24.5. The highest BCUT2D eigenvalue weighted by Crippen LogP contribution is 2.48. The molecular weight excluding hydrogens is 541 g/mol. The topological polar surface area (TPSA) is 56.4 Å². The van der Waals surface area contributed by atoms with Crippen molar-refractivity contribution in [1.82, 2.24) is 14.8 Å². The maximum atomic E-state index is 13.9. The Morgan fingerprint density at radius 2 is 1.70 bits per heavy atom. The molecule has 1 aromatic heterocycles. The van der Waals surface area contributed by atoms with Crippen LogP contribution >= 0.6 is 23.2 Å². The van der Waals surface area contributed by atoms with E-state index in [1.165, 1.54) is 5.56 Å². The molecule has 4 aromatic rings. The molecule has 1 fully saturated rings. The molecule has 2 amide bonds. The minimum atomic E-state index is -0.0724. The first kappa shape index (κ1) is 28.3. The number of para-hydroxylation sites is 1. The normalized spacial score (nSPS) is 16.3. The monoisotopic (exact) mass is 575 g/mol. The molecule has 0 bridgehead atoms. The SMILES string of the molecule is CC(C)CN(CC(=O)N(CCc1c[nH]c2ccccc12)Cc1ccc(Cl)c(Cl)c1)C(=O)[C@@H]1C[C@H]1c1ccccc1. The van der Waals surface area contributed by atoms with E-state index in [2.05, 4.69) is 37.0 Å². The van der Waals surface area contributed by atoms with Crippen LogP contribution in [-0.4, -0.2) is 46.2 Å². The summed E-state index contributed by atoms with van der Waals surface area (Å²) in [5.74, 6) is 0.413. The fourth-order valence-corrected chi connectivity index (χ4v) is 5.77. The van der Waals surface area contributed by atoms with Gasteiger partial charge < -0.3 is 14.8 Å². The minimum absolute atomic E-state index is 0.0598. The van der Waals surface area contributed by atoms with Crippen molar-refractivity contribution in [2.24, 2.45) is 11.8 Å². The molecule has 2 atom stereocenters. The maximum Gasteiger partial charge on any atom is 0.242 e. The van der Waals surface area contributed by atoms with Gasteiger partial charge in [-0.25, -0.2) is 0 Å². The molecule has 0 aliphatic heterocycles. The van der Waals surface area contributed by atoms with Gasteiger partial charge in [0.2, 0.25) is 11.8 Å². The summed E-state index contributed by atoms with van der Waals surface area (Å²) >= 11 is 12.4. The van der Waals surface area contributed by atoms with Crippen LogP contribution in [0.1, 0.15) is 42.9 Å². The molecule has 0 saturated heterocycles. The summed E-state index contributed by atoms with van der Waals surface area (Å²) in [4.78, 5) is 34.4. The lowest BCUT2D eigenvalue weighted by atomic mass is 10.1. The largest absolute Gasteiger partial charge is 0.361 e. The number of hydrogen-bond donors (Lipinski definition) is 1. The van der Waals surface area contributed by atoms with E-state index in [0.717, 1.165) is 28.5 Å². The number of rotatable bonds is 11. The number of halogens is 2. The number of hydrogen-bond acceptors (Lipinski definition) is 2. The van der Waals surface area contributed by atoms with Crippen molar-refractivity contribution in [1.29, 1.82) is 0 Å². The van der Waals surface area contributed by atoms with Gasteiger partial charge in [0.15, 0.2) is 0 Å². The molecule has 0 unspecified atom stereocenters. The molecule has 1 N–H and O–H groups in total. The number of benzene rings is 3. The van der Waals surface area contributed by atoms with Crippen LogP contribution in [0.5, 0.6) is 0 Å². The lowest BCUT2D eigenvalue weighted by Crippen LogP contribution is -2.45. The predicted octanol–water partition coefficient (Wildman–Crippen LogP) is 7.33.